The van der Waals surface area contributed by atoms with Crippen LogP contribution in [-0.4, -0.2) is 51.2 Å². The quantitative estimate of drug-likeness (QED) is 0.201. The zero-order valence-electron chi connectivity index (χ0n) is 25.8. The highest BCUT2D eigenvalue weighted by molar-refractivity contribution is 7.22. The van der Waals surface area contributed by atoms with Crippen molar-refractivity contribution in [3.05, 3.63) is 76.4 Å². The number of aryl methyl sites for hydroxylation is 2. The summed E-state index contributed by atoms with van der Waals surface area (Å²) in [6.07, 6.45) is 2.38. The van der Waals surface area contributed by atoms with Crippen LogP contribution in [0.5, 0.6) is 0 Å². The lowest BCUT2D eigenvalue weighted by atomic mass is 9.37. The molecule has 6 rings (SSSR count). The fourth-order valence-electron chi connectivity index (χ4n) is 5.71. The molecule has 1 fully saturated rings. The van der Waals surface area contributed by atoms with Crippen LogP contribution in [0, 0.1) is 18.2 Å². The van der Waals surface area contributed by atoms with E-state index in [1.54, 1.807) is 32.9 Å². The summed E-state index contributed by atoms with van der Waals surface area (Å²) < 4.78 is 15.5. The Morgan fingerprint density at radius 3 is 2.62 bits per heavy atom. The van der Waals surface area contributed by atoms with Crippen LogP contribution in [0.2, 0.25) is 11.3 Å². The van der Waals surface area contributed by atoms with Gasteiger partial charge in [-0.3, -0.25) is 9.62 Å². The highest BCUT2D eigenvalue weighted by Crippen LogP contribution is 2.42. The number of nitrogens with zero attached hydrogens (tertiary/aromatic N) is 5. The van der Waals surface area contributed by atoms with E-state index >= 15 is 0 Å². The van der Waals surface area contributed by atoms with Gasteiger partial charge in [-0.05, 0) is 92.4 Å². The van der Waals surface area contributed by atoms with Crippen molar-refractivity contribution >= 4 is 61.9 Å². The minimum atomic E-state index is -0.950. The molecular weight excluding hydrogens is 612 g/mol. The summed E-state index contributed by atoms with van der Waals surface area (Å²) >= 11 is 7.69. The van der Waals surface area contributed by atoms with Crippen LogP contribution < -0.4 is 4.90 Å². The average Bonchev–Trinajstić information content (AvgIpc) is 3.59. The number of aliphatic hydroxyl groups is 1. The number of aromatic nitrogens is 3. The molecule has 0 spiro atoms. The summed E-state index contributed by atoms with van der Waals surface area (Å²) in [7, 11) is 1.92. The van der Waals surface area contributed by atoms with Gasteiger partial charge in [0.2, 0.25) is 0 Å². The number of benzene rings is 3. The molecule has 1 saturated heterocycles. The maximum absolute atomic E-state index is 12.8. The lowest BCUT2D eigenvalue weighted by molar-refractivity contribution is -0.182. The number of hydrogen-bond donors (Lipinski definition) is 1. The molecule has 0 aliphatic carbocycles. The van der Waals surface area contributed by atoms with E-state index in [9.17, 15) is 14.6 Å². The van der Waals surface area contributed by atoms with Gasteiger partial charge in [-0.25, -0.2) is 15.0 Å². The zero-order valence-corrected chi connectivity index (χ0v) is 27.4. The van der Waals surface area contributed by atoms with Crippen molar-refractivity contribution in [2.75, 3.05) is 18.0 Å². The Bertz CT molecular complexity index is 1890. The van der Waals surface area contributed by atoms with E-state index in [1.165, 1.54) is 11.3 Å². The van der Waals surface area contributed by atoms with Gasteiger partial charge in [0.25, 0.3) is 6.71 Å². The number of thiazole rings is 1. The largest absolute Gasteiger partial charge is 0.391 e. The average molecular weight is 646 g/mol. The number of carbonyl (C=O) groups excluding carboxylic acids is 1. The molecule has 232 valence electrons. The molecule has 1 N–H and O–H groups in total. The van der Waals surface area contributed by atoms with Crippen molar-refractivity contribution in [1.29, 1.82) is 5.26 Å². The highest BCUT2D eigenvalue weighted by atomic mass is 35.5. The van der Waals surface area contributed by atoms with Gasteiger partial charge < -0.3 is 10.0 Å². The van der Waals surface area contributed by atoms with Gasteiger partial charge in [-0.2, -0.15) is 5.10 Å². The van der Waals surface area contributed by atoms with Crippen molar-refractivity contribution in [2.45, 2.75) is 51.9 Å². The highest BCUT2D eigenvalue weighted by Gasteiger charge is 2.35. The summed E-state index contributed by atoms with van der Waals surface area (Å²) in [6, 6.07) is 15.6. The Kier molecular flexibility index (Phi) is 9.49. The zero-order chi connectivity index (χ0) is 32.5. The third-order valence-electron chi connectivity index (χ3n) is 7.79. The van der Waals surface area contributed by atoms with Crippen LogP contribution in [0.1, 0.15) is 43.3 Å². The minimum Gasteiger partial charge on any atom is -0.391 e. The number of fused-ring (bicyclic) bond motifs is 2. The fraction of sp³-hybridized carbons (Fsp3) is 0.333. The second kappa shape index (κ2) is 13.2. The Hall–Kier alpha value is -3.98. The molecule has 1 unspecified atom stereocenters. The number of anilines is 1. The van der Waals surface area contributed by atoms with E-state index in [-0.39, 0.29) is 19.0 Å². The maximum atomic E-state index is 12.8. The standard InChI is InChI=1S/C29H24BClFN5O2S.C4H10O/c1-17-11-24-28(27(22(17)13-26(38)39-32)18-3-6-21(31)7-4-18)40-29(35-24)37-10-9-30(16-33)23(15-37)19-5-8-25-20(12-19)14-34-36(25)2;1-4(2,3)5/h3-8,11-12,14,23H,9-10,13,15H2,1-2H3;5H,1-3H3. The molecule has 2 aromatic heterocycles. The van der Waals surface area contributed by atoms with E-state index in [0.29, 0.717) is 23.7 Å². The monoisotopic (exact) mass is 645 g/mol. The van der Waals surface area contributed by atoms with Crippen LogP contribution in [0.4, 0.5) is 9.66 Å². The van der Waals surface area contributed by atoms with Gasteiger partial charge in [0.1, 0.15) is 0 Å². The number of carbonyl (C=O) groups is 1. The second-order valence-electron chi connectivity index (χ2n) is 12.4. The molecular formula is C33H34BClFN5O3S. The molecule has 1 aliphatic heterocycles. The van der Waals surface area contributed by atoms with Gasteiger partial charge in [0.15, 0.2) is 5.13 Å². The van der Waals surface area contributed by atoms with Crippen molar-refractivity contribution in [3.63, 3.8) is 0 Å². The fourth-order valence-corrected chi connectivity index (χ4v) is 7.01. The smallest absolute Gasteiger partial charge is 0.353 e. The number of nitriles is 1. The molecule has 1 aliphatic rings. The third kappa shape index (κ3) is 7.30. The van der Waals surface area contributed by atoms with E-state index in [2.05, 4.69) is 39.1 Å². The Balaban J connectivity index is 0.000000743. The first-order valence-corrected chi connectivity index (χ1v) is 15.8. The molecule has 8 nitrogen and oxygen atoms in total. The summed E-state index contributed by atoms with van der Waals surface area (Å²) in [5.41, 5.74) is 5.67. The molecule has 3 aromatic carbocycles. The van der Waals surface area contributed by atoms with Crippen LogP contribution in [0.3, 0.4) is 0 Å². The summed E-state index contributed by atoms with van der Waals surface area (Å²) in [5, 5.41) is 25.3. The molecule has 0 amide bonds. The number of rotatable bonds is 5. The predicted molar refractivity (Wildman–Crippen MR) is 180 cm³/mol. The lowest BCUT2D eigenvalue weighted by Gasteiger charge is -2.34. The summed E-state index contributed by atoms with van der Waals surface area (Å²) in [4.78, 5) is 22.8. The maximum Gasteiger partial charge on any atom is 0.353 e. The molecule has 12 heteroatoms. The molecule has 5 aromatic rings. The van der Waals surface area contributed by atoms with Gasteiger partial charge in [0, 0.05) is 46.6 Å². The Labute approximate surface area is 271 Å². The van der Waals surface area contributed by atoms with Crippen LogP contribution >= 0.6 is 22.9 Å². The predicted octanol–water partition coefficient (Wildman–Crippen LogP) is 7.26. The molecule has 0 saturated carbocycles. The second-order valence-corrected chi connectivity index (χ2v) is 13.8. The lowest BCUT2D eigenvalue weighted by Crippen LogP contribution is -2.43. The molecule has 1 atom stereocenters. The first-order valence-electron chi connectivity index (χ1n) is 14.6. The first-order chi connectivity index (χ1) is 21.4. The SMILES string of the molecule is CC(C)(C)O.Cc1cc2nc(N3CCB(C#N)C(c4ccc5c(cnn5C)c4)C3)sc2c(-c2ccc(Cl)cc2)c1CC(=O)OF. The summed E-state index contributed by atoms with van der Waals surface area (Å²) in [6.45, 7) is 8.37. The van der Waals surface area contributed by atoms with Gasteiger partial charge in [0.05, 0.1) is 34.0 Å². The molecule has 3 heterocycles. The first kappa shape index (κ1) is 32.4. The van der Waals surface area contributed by atoms with E-state index in [4.69, 9.17) is 21.7 Å². The van der Waals surface area contributed by atoms with Crippen LogP contribution in [0.25, 0.3) is 32.2 Å². The Morgan fingerprint density at radius 1 is 1.24 bits per heavy atom. The Morgan fingerprint density at radius 2 is 1.96 bits per heavy atom. The van der Waals surface area contributed by atoms with Crippen molar-refractivity contribution in [2.24, 2.45) is 7.05 Å². The molecule has 45 heavy (non-hydrogen) atoms. The van der Waals surface area contributed by atoms with Crippen molar-refractivity contribution in [1.82, 2.24) is 14.8 Å². The normalized spacial score (nSPS) is 15.1. The number of hydrogen-bond acceptors (Lipinski definition) is 8. The minimum absolute atomic E-state index is 0.0164. The topological polar surface area (TPSA) is 104 Å². The van der Waals surface area contributed by atoms with E-state index in [1.807, 2.05) is 43.0 Å². The van der Waals surface area contributed by atoms with Crippen LogP contribution in [-0.2, 0) is 23.2 Å². The number of halogens is 2. The molecule has 0 radical (unpaired) electrons. The third-order valence-corrected chi connectivity index (χ3v) is 9.19. The van der Waals surface area contributed by atoms with Crippen molar-refractivity contribution in [3.8, 4) is 17.1 Å². The van der Waals surface area contributed by atoms with Gasteiger partial charge >= 0.3 is 5.97 Å². The van der Waals surface area contributed by atoms with Gasteiger partial charge in [-0.1, -0.05) is 41.1 Å². The van der Waals surface area contributed by atoms with E-state index in [0.717, 1.165) is 54.8 Å². The van der Waals surface area contributed by atoms with Crippen molar-refractivity contribution < 1.29 is 19.4 Å². The van der Waals surface area contributed by atoms with Crippen LogP contribution in [0.15, 0.2) is 54.7 Å². The summed E-state index contributed by atoms with van der Waals surface area (Å²) in [5.74, 6) is 1.60. The van der Waals surface area contributed by atoms with Gasteiger partial charge in [-0.15, -0.1) is 0 Å². The molecule has 0 bridgehead atoms. The van der Waals surface area contributed by atoms with E-state index < -0.39 is 11.6 Å².